The van der Waals surface area contributed by atoms with Crippen molar-refractivity contribution < 1.29 is 19.5 Å². The van der Waals surface area contributed by atoms with Crippen LogP contribution in [0.5, 0.6) is 0 Å². The molecular weight excluding hydrogens is 290 g/mol. The lowest BCUT2D eigenvalue weighted by molar-refractivity contribution is -0.142. The Bertz CT molecular complexity index is 504. The minimum Gasteiger partial charge on any atom is -0.481 e. The second-order valence-electron chi connectivity index (χ2n) is 5.35. The van der Waals surface area contributed by atoms with Gasteiger partial charge in [-0.15, -0.1) is 11.3 Å². The van der Waals surface area contributed by atoms with Crippen LogP contribution in [0.15, 0.2) is 17.5 Å². The molecule has 1 aromatic rings. The van der Waals surface area contributed by atoms with Gasteiger partial charge in [-0.3, -0.25) is 14.4 Å². The first kappa shape index (κ1) is 15.7. The summed E-state index contributed by atoms with van der Waals surface area (Å²) in [6, 6.07) is 3.63. The van der Waals surface area contributed by atoms with E-state index in [9.17, 15) is 14.4 Å². The van der Waals surface area contributed by atoms with Gasteiger partial charge in [0.2, 0.25) is 5.91 Å². The lowest BCUT2D eigenvalue weighted by Crippen LogP contribution is -2.38. The molecule has 1 heterocycles. The van der Waals surface area contributed by atoms with Crippen LogP contribution in [0, 0.1) is 5.92 Å². The summed E-state index contributed by atoms with van der Waals surface area (Å²) in [6.07, 6.45) is 3.01. The summed E-state index contributed by atoms with van der Waals surface area (Å²) >= 11 is 1.38. The number of thiophene rings is 1. The Labute approximate surface area is 127 Å². The molecule has 6 heteroatoms. The van der Waals surface area contributed by atoms with Gasteiger partial charge in [-0.2, -0.15) is 0 Å². The van der Waals surface area contributed by atoms with E-state index in [0.29, 0.717) is 30.6 Å². The average Bonchev–Trinajstić information content (AvgIpc) is 2.99. The SMILES string of the molecule is O=C(CCC(=O)c1cccs1)NC1CCC(C(=O)O)CC1. The van der Waals surface area contributed by atoms with Crippen molar-refractivity contribution in [1.82, 2.24) is 5.32 Å². The number of amides is 1. The lowest BCUT2D eigenvalue weighted by Gasteiger charge is -2.26. The minimum atomic E-state index is -0.749. The first-order valence-electron chi connectivity index (χ1n) is 7.15. The van der Waals surface area contributed by atoms with Gasteiger partial charge in [-0.1, -0.05) is 6.07 Å². The molecule has 1 aliphatic carbocycles. The highest BCUT2D eigenvalue weighted by Gasteiger charge is 2.26. The molecule has 1 aliphatic rings. The van der Waals surface area contributed by atoms with E-state index in [1.54, 1.807) is 6.07 Å². The third-order valence-corrected chi connectivity index (χ3v) is 4.73. The highest BCUT2D eigenvalue weighted by Crippen LogP contribution is 2.24. The van der Waals surface area contributed by atoms with Crippen LogP contribution in [0.1, 0.15) is 48.2 Å². The molecule has 21 heavy (non-hydrogen) atoms. The van der Waals surface area contributed by atoms with Gasteiger partial charge in [0.05, 0.1) is 10.8 Å². The quantitative estimate of drug-likeness (QED) is 0.791. The Balaban J connectivity index is 1.68. The van der Waals surface area contributed by atoms with Crippen molar-refractivity contribution in [2.45, 2.75) is 44.6 Å². The lowest BCUT2D eigenvalue weighted by atomic mass is 9.86. The van der Waals surface area contributed by atoms with Crippen LogP contribution >= 0.6 is 11.3 Å². The Morgan fingerprint density at radius 2 is 1.90 bits per heavy atom. The monoisotopic (exact) mass is 309 g/mol. The normalized spacial score (nSPS) is 21.7. The second kappa shape index (κ2) is 7.36. The molecule has 0 saturated heterocycles. The van der Waals surface area contributed by atoms with Gasteiger partial charge in [0.1, 0.15) is 0 Å². The molecule has 114 valence electrons. The van der Waals surface area contributed by atoms with Crippen LogP contribution in [0.3, 0.4) is 0 Å². The number of carbonyl (C=O) groups excluding carboxylic acids is 2. The van der Waals surface area contributed by atoms with Gasteiger partial charge >= 0.3 is 5.97 Å². The van der Waals surface area contributed by atoms with Crippen molar-refractivity contribution >= 4 is 29.0 Å². The number of rotatable bonds is 6. The second-order valence-corrected chi connectivity index (χ2v) is 6.30. The molecule has 2 N–H and O–H groups in total. The van der Waals surface area contributed by atoms with E-state index in [0.717, 1.165) is 0 Å². The molecule has 0 atom stereocenters. The fourth-order valence-electron chi connectivity index (χ4n) is 2.57. The summed E-state index contributed by atoms with van der Waals surface area (Å²) in [5.74, 6) is -1.16. The summed E-state index contributed by atoms with van der Waals surface area (Å²) in [7, 11) is 0. The molecule has 0 bridgehead atoms. The van der Waals surface area contributed by atoms with E-state index in [1.165, 1.54) is 11.3 Å². The van der Waals surface area contributed by atoms with E-state index in [-0.39, 0.29) is 36.5 Å². The van der Waals surface area contributed by atoms with Gasteiger partial charge in [0.25, 0.3) is 0 Å². The van der Waals surface area contributed by atoms with Gasteiger partial charge in [0, 0.05) is 18.9 Å². The molecule has 5 nitrogen and oxygen atoms in total. The van der Waals surface area contributed by atoms with Crippen molar-refractivity contribution in [3.63, 3.8) is 0 Å². The van der Waals surface area contributed by atoms with E-state index in [4.69, 9.17) is 5.11 Å². The number of aliphatic carboxylic acids is 1. The predicted molar refractivity (Wildman–Crippen MR) is 79.4 cm³/mol. The zero-order valence-corrected chi connectivity index (χ0v) is 12.5. The highest BCUT2D eigenvalue weighted by atomic mass is 32.1. The molecule has 0 radical (unpaired) electrons. The van der Waals surface area contributed by atoms with Crippen molar-refractivity contribution in [2.75, 3.05) is 0 Å². The molecular formula is C15H19NO4S. The fourth-order valence-corrected chi connectivity index (χ4v) is 3.27. The first-order valence-corrected chi connectivity index (χ1v) is 8.03. The van der Waals surface area contributed by atoms with Crippen molar-refractivity contribution in [2.24, 2.45) is 5.92 Å². The maximum Gasteiger partial charge on any atom is 0.306 e. The van der Waals surface area contributed by atoms with Crippen LogP contribution < -0.4 is 5.32 Å². The Hall–Kier alpha value is -1.69. The average molecular weight is 309 g/mol. The topological polar surface area (TPSA) is 83.5 Å². The number of carbonyl (C=O) groups is 3. The van der Waals surface area contributed by atoms with Crippen molar-refractivity contribution in [3.8, 4) is 0 Å². The molecule has 1 saturated carbocycles. The third-order valence-electron chi connectivity index (χ3n) is 3.82. The molecule has 0 spiro atoms. The van der Waals surface area contributed by atoms with E-state index < -0.39 is 5.97 Å². The summed E-state index contributed by atoms with van der Waals surface area (Å²) in [6.45, 7) is 0. The highest BCUT2D eigenvalue weighted by molar-refractivity contribution is 7.12. The molecule has 2 rings (SSSR count). The Kier molecular flexibility index (Phi) is 5.50. The zero-order chi connectivity index (χ0) is 15.2. The van der Waals surface area contributed by atoms with E-state index in [2.05, 4.69) is 5.32 Å². The maximum absolute atomic E-state index is 11.8. The Morgan fingerprint density at radius 3 is 2.48 bits per heavy atom. The van der Waals surface area contributed by atoms with Crippen LogP contribution in [0.4, 0.5) is 0 Å². The van der Waals surface area contributed by atoms with Crippen LogP contribution in [-0.4, -0.2) is 28.8 Å². The summed E-state index contributed by atoms with van der Waals surface area (Å²) < 4.78 is 0. The largest absolute Gasteiger partial charge is 0.481 e. The number of Topliss-reactive ketones (excluding diaryl/α,β-unsaturated/α-hetero) is 1. The smallest absolute Gasteiger partial charge is 0.306 e. The molecule has 1 aromatic heterocycles. The summed E-state index contributed by atoms with van der Waals surface area (Å²) in [5.41, 5.74) is 0. The zero-order valence-electron chi connectivity index (χ0n) is 11.7. The minimum absolute atomic E-state index is 0.00487. The summed E-state index contributed by atoms with van der Waals surface area (Å²) in [5, 5.41) is 13.7. The molecule has 0 aliphatic heterocycles. The van der Waals surface area contributed by atoms with Crippen LogP contribution in [-0.2, 0) is 9.59 Å². The Morgan fingerprint density at radius 1 is 1.19 bits per heavy atom. The van der Waals surface area contributed by atoms with Crippen molar-refractivity contribution in [1.29, 1.82) is 0 Å². The van der Waals surface area contributed by atoms with Gasteiger partial charge in [-0.25, -0.2) is 0 Å². The maximum atomic E-state index is 11.8. The van der Waals surface area contributed by atoms with E-state index in [1.807, 2.05) is 11.4 Å². The number of hydrogen-bond acceptors (Lipinski definition) is 4. The molecule has 0 aromatic carbocycles. The number of nitrogens with one attached hydrogen (secondary N) is 1. The summed E-state index contributed by atoms with van der Waals surface area (Å²) in [4.78, 5) is 35.1. The number of carboxylic acid groups (broad SMARTS) is 1. The number of ketones is 1. The predicted octanol–water partition coefficient (Wildman–Crippen LogP) is 2.47. The van der Waals surface area contributed by atoms with Crippen LogP contribution in [0.25, 0.3) is 0 Å². The first-order chi connectivity index (χ1) is 10.1. The van der Waals surface area contributed by atoms with Crippen molar-refractivity contribution in [3.05, 3.63) is 22.4 Å². The fraction of sp³-hybridized carbons (Fsp3) is 0.533. The van der Waals surface area contributed by atoms with Gasteiger partial charge in [0.15, 0.2) is 5.78 Å². The standard InChI is InChI=1S/C15H19NO4S/c17-12(13-2-1-9-21-13)7-8-14(18)16-11-5-3-10(4-6-11)15(19)20/h1-2,9-11H,3-8H2,(H,16,18)(H,19,20). The van der Waals surface area contributed by atoms with Gasteiger partial charge in [-0.05, 0) is 37.1 Å². The van der Waals surface area contributed by atoms with Gasteiger partial charge < -0.3 is 10.4 Å². The van der Waals surface area contributed by atoms with Crippen LogP contribution in [0.2, 0.25) is 0 Å². The number of carboxylic acids is 1. The molecule has 1 fully saturated rings. The molecule has 1 amide bonds. The van der Waals surface area contributed by atoms with E-state index >= 15 is 0 Å². The molecule has 0 unspecified atom stereocenters. The third kappa shape index (κ3) is 4.67. The number of hydrogen-bond donors (Lipinski definition) is 2.